The Morgan fingerprint density at radius 1 is 1.18 bits per heavy atom. The second-order valence-electron chi connectivity index (χ2n) is 3.61. The summed E-state index contributed by atoms with van der Waals surface area (Å²) in [5, 5.41) is 0. The van der Waals surface area contributed by atoms with Gasteiger partial charge >= 0.3 is 0 Å². The second-order valence-corrected chi connectivity index (χ2v) is 3.61. The summed E-state index contributed by atoms with van der Waals surface area (Å²) in [4.78, 5) is 0. The molecule has 1 aromatic carbocycles. The van der Waals surface area contributed by atoms with E-state index in [1.165, 1.54) is 0 Å². The lowest BCUT2D eigenvalue weighted by molar-refractivity contribution is 0.393. The summed E-state index contributed by atoms with van der Waals surface area (Å²) in [6, 6.07) is 5.63. The van der Waals surface area contributed by atoms with Crippen LogP contribution in [-0.2, 0) is 0 Å². The molecule has 3 nitrogen and oxygen atoms in total. The fourth-order valence-corrected chi connectivity index (χ4v) is 1.42. The number of hydrogen-bond donors (Lipinski definition) is 1. The molecule has 0 amide bonds. The van der Waals surface area contributed by atoms with E-state index in [0.29, 0.717) is 0 Å². The molecule has 3 heteroatoms. The minimum absolute atomic E-state index is 0.730. The summed E-state index contributed by atoms with van der Waals surface area (Å²) < 4.78 is 10.4. The van der Waals surface area contributed by atoms with Crippen LogP contribution in [0.1, 0.15) is 24.8 Å². The molecule has 0 spiro atoms. The number of ether oxygens (including phenoxy) is 2. The van der Waals surface area contributed by atoms with E-state index in [9.17, 15) is 0 Å². The van der Waals surface area contributed by atoms with Crippen LogP contribution in [0.5, 0.6) is 11.5 Å². The lowest BCUT2D eigenvalue weighted by atomic mass is 10.1. The van der Waals surface area contributed by atoms with Crippen LogP contribution in [0.15, 0.2) is 18.2 Å². The van der Waals surface area contributed by atoms with Crippen LogP contribution < -0.4 is 15.2 Å². The average molecular weight is 233 g/mol. The highest BCUT2D eigenvalue weighted by atomic mass is 16.5. The van der Waals surface area contributed by atoms with Gasteiger partial charge in [0.15, 0.2) is 0 Å². The quantitative estimate of drug-likeness (QED) is 0.626. The van der Waals surface area contributed by atoms with E-state index >= 15 is 0 Å². The Balaban J connectivity index is 2.69. The third-order valence-corrected chi connectivity index (χ3v) is 2.39. The van der Waals surface area contributed by atoms with Gasteiger partial charge in [0.25, 0.3) is 0 Å². The predicted molar refractivity (Wildman–Crippen MR) is 69.3 cm³/mol. The molecule has 2 N–H and O–H groups in total. The molecule has 0 saturated carbocycles. The minimum atomic E-state index is 0.730. The fraction of sp³-hybridized carbons (Fsp3) is 0.429. The van der Waals surface area contributed by atoms with Crippen LogP contribution in [0.4, 0.5) is 0 Å². The highest BCUT2D eigenvalue weighted by Gasteiger charge is 2.01. The lowest BCUT2D eigenvalue weighted by Gasteiger charge is -2.05. The molecule has 0 bridgehead atoms. The van der Waals surface area contributed by atoms with Crippen molar-refractivity contribution in [2.24, 2.45) is 5.73 Å². The maximum atomic E-state index is 5.42. The Morgan fingerprint density at radius 2 is 2.00 bits per heavy atom. The molecule has 0 aliphatic rings. The minimum Gasteiger partial charge on any atom is -0.497 e. The molecule has 0 fully saturated rings. The topological polar surface area (TPSA) is 44.5 Å². The average Bonchev–Trinajstić information content (AvgIpc) is 2.38. The van der Waals surface area contributed by atoms with Crippen LogP contribution in [0.25, 0.3) is 0 Å². The van der Waals surface area contributed by atoms with Crippen molar-refractivity contribution in [3.63, 3.8) is 0 Å². The molecule has 0 atom stereocenters. The molecule has 0 aromatic heterocycles. The van der Waals surface area contributed by atoms with E-state index in [-0.39, 0.29) is 0 Å². The number of hydrogen-bond acceptors (Lipinski definition) is 3. The number of unbranched alkanes of at least 4 members (excludes halogenated alkanes) is 2. The molecule has 0 radical (unpaired) electrons. The molecule has 0 aliphatic carbocycles. The first-order chi connectivity index (χ1) is 8.31. The Kier molecular flexibility index (Phi) is 5.98. The highest BCUT2D eigenvalue weighted by Crippen LogP contribution is 2.23. The van der Waals surface area contributed by atoms with Crippen molar-refractivity contribution >= 4 is 0 Å². The van der Waals surface area contributed by atoms with E-state index in [4.69, 9.17) is 15.2 Å². The van der Waals surface area contributed by atoms with Crippen LogP contribution in [0.2, 0.25) is 0 Å². The van der Waals surface area contributed by atoms with Crippen molar-refractivity contribution in [3.05, 3.63) is 23.8 Å². The Bertz CT molecular complexity index is 404. The van der Waals surface area contributed by atoms with Crippen molar-refractivity contribution in [1.82, 2.24) is 0 Å². The zero-order valence-electron chi connectivity index (χ0n) is 10.5. The van der Waals surface area contributed by atoms with Gasteiger partial charge in [-0.2, -0.15) is 0 Å². The number of methoxy groups -OCH3 is 2. The van der Waals surface area contributed by atoms with E-state index in [1.54, 1.807) is 14.2 Å². The van der Waals surface area contributed by atoms with Crippen molar-refractivity contribution < 1.29 is 9.47 Å². The van der Waals surface area contributed by atoms with Gasteiger partial charge in [-0.1, -0.05) is 11.8 Å². The van der Waals surface area contributed by atoms with Gasteiger partial charge in [0.1, 0.15) is 11.5 Å². The standard InChI is InChI=1S/C14H19NO2/c1-16-13-9-8-12(14(11-13)17-2)7-5-3-4-6-10-15/h8-9,11H,3-4,6,10,15H2,1-2H3. The second kappa shape index (κ2) is 7.59. The fourth-order valence-electron chi connectivity index (χ4n) is 1.42. The summed E-state index contributed by atoms with van der Waals surface area (Å²) in [6.07, 6.45) is 2.93. The summed E-state index contributed by atoms with van der Waals surface area (Å²) in [5.74, 6) is 7.74. The van der Waals surface area contributed by atoms with Gasteiger partial charge in [0.2, 0.25) is 0 Å². The van der Waals surface area contributed by atoms with Crippen LogP contribution in [0.3, 0.4) is 0 Å². The maximum Gasteiger partial charge on any atom is 0.138 e. The van der Waals surface area contributed by atoms with Gasteiger partial charge in [-0.3, -0.25) is 0 Å². The third kappa shape index (κ3) is 4.38. The molecular weight excluding hydrogens is 214 g/mol. The molecule has 0 unspecified atom stereocenters. The van der Waals surface area contributed by atoms with E-state index in [2.05, 4.69) is 11.8 Å². The highest BCUT2D eigenvalue weighted by molar-refractivity contribution is 5.49. The van der Waals surface area contributed by atoms with Gasteiger partial charge in [0.05, 0.1) is 19.8 Å². The van der Waals surface area contributed by atoms with E-state index < -0.39 is 0 Å². The van der Waals surface area contributed by atoms with Crippen molar-refractivity contribution in [2.45, 2.75) is 19.3 Å². The van der Waals surface area contributed by atoms with Crippen molar-refractivity contribution in [2.75, 3.05) is 20.8 Å². The zero-order chi connectivity index (χ0) is 12.5. The normalized spacial score (nSPS) is 9.35. The van der Waals surface area contributed by atoms with Gasteiger partial charge in [0, 0.05) is 12.5 Å². The zero-order valence-corrected chi connectivity index (χ0v) is 10.5. The number of rotatable bonds is 5. The molecule has 0 aliphatic heterocycles. The maximum absolute atomic E-state index is 5.42. The SMILES string of the molecule is COc1ccc(C#CCCCCN)c(OC)c1. The van der Waals surface area contributed by atoms with Gasteiger partial charge in [-0.15, -0.1) is 0 Å². The molecule has 92 valence electrons. The monoisotopic (exact) mass is 233 g/mol. The first kappa shape index (κ1) is 13.4. The Morgan fingerprint density at radius 3 is 2.65 bits per heavy atom. The summed E-state index contributed by atoms with van der Waals surface area (Å²) in [5.41, 5.74) is 6.31. The van der Waals surface area contributed by atoms with Gasteiger partial charge in [-0.25, -0.2) is 0 Å². The lowest BCUT2D eigenvalue weighted by Crippen LogP contribution is -1.97. The number of benzene rings is 1. The van der Waals surface area contributed by atoms with E-state index in [1.807, 2.05) is 18.2 Å². The largest absolute Gasteiger partial charge is 0.497 e. The Hall–Kier alpha value is -1.66. The summed E-state index contributed by atoms with van der Waals surface area (Å²) in [7, 11) is 3.27. The molecule has 1 aromatic rings. The van der Waals surface area contributed by atoms with Crippen LogP contribution in [-0.4, -0.2) is 20.8 Å². The third-order valence-electron chi connectivity index (χ3n) is 2.39. The smallest absolute Gasteiger partial charge is 0.138 e. The van der Waals surface area contributed by atoms with E-state index in [0.717, 1.165) is 42.9 Å². The first-order valence-corrected chi connectivity index (χ1v) is 5.72. The summed E-state index contributed by atoms with van der Waals surface area (Å²) in [6.45, 7) is 0.730. The van der Waals surface area contributed by atoms with Gasteiger partial charge < -0.3 is 15.2 Å². The molecule has 1 rings (SSSR count). The van der Waals surface area contributed by atoms with Gasteiger partial charge in [-0.05, 0) is 31.5 Å². The van der Waals surface area contributed by atoms with Crippen molar-refractivity contribution in [3.8, 4) is 23.3 Å². The van der Waals surface area contributed by atoms with Crippen molar-refractivity contribution in [1.29, 1.82) is 0 Å². The molecule has 0 heterocycles. The molecular formula is C14H19NO2. The number of nitrogens with two attached hydrogens (primary N) is 1. The van der Waals surface area contributed by atoms with Crippen LogP contribution in [0, 0.1) is 11.8 Å². The predicted octanol–water partition coefficient (Wildman–Crippen LogP) is 2.18. The van der Waals surface area contributed by atoms with Crippen LogP contribution >= 0.6 is 0 Å². The first-order valence-electron chi connectivity index (χ1n) is 5.72. The molecule has 17 heavy (non-hydrogen) atoms. The Labute approximate surface area is 103 Å². The summed E-state index contributed by atoms with van der Waals surface area (Å²) >= 11 is 0. The molecule has 0 saturated heterocycles.